The van der Waals surface area contributed by atoms with Crippen LogP contribution in [0.15, 0.2) is 42.5 Å². The Balaban J connectivity index is 2.03. The molecule has 0 bridgehead atoms. The summed E-state index contributed by atoms with van der Waals surface area (Å²) in [5, 5.41) is 20.9. The number of rotatable bonds is 3. The average molecular weight is 261 g/mol. The Morgan fingerprint density at radius 2 is 1.95 bits per heavy atom. The van der Waals surface area contributed by atoms with Gasteiger partial charge >= 0.3 is 0 Å². The Labute approximate surface area is 109 Å². The van der Waals surface area contributed by atoms with Gasteiger partial charge in [0.25, 0.3) is 5.91 Å². The van der Waals surface area contributed by atoms with Crippen LogP contribution >= 0.6 is 0 Å². The molecule has 98 valence electrons. The summed E-state index contributed by atoms with van der Waals surface area (Å²) in [6.45, 7) is 0.218. The monoisotopic (exact) mass is 261 g/mol. The zero-order valence-electron chi connectivity index (χ0n) is 9.93. The highest BCUT2D eigenvalue weighted by molar-refractivity contribution is 5.94. The normalized spacial score (nSPS) is 10.2. The number of carbonyl (C=O) groups excluding carboxylic acids is 1. The average Bonchev–Trinajstić information content (AvgIpc) is 2.39. The van der Waals surface area contributed by atoms with Crippen LogP contribution in [-0.4, -0.2) is 16.1 Å². The Kier molecular flexibility index (Phi) is 3.66. The molecule has 0 heterocycles. The molecular weight excluding hydrogens is 249 g/mol. The van der Waals surface area contributed by atoms with E-state index in [0.717, 1.165) is 17.7 Å². The van der Waals surface area contributed by atoms with Gasteiger partial charge in [-0.15, -0.1) is 0 Å². The van der Waals surface area contributed by atoms with Gasteiger partial charge in [0.2, 0.25) is 0 Å². The molecule has 0 aliphatic rings. The molecular formula is C14H12FNO3. The number of nitrogens with one attached hydrogen (secondary N) is 1. The molecule has 2 aromatic rings. The molecule has 0 aliphatic carbocycles. The minimum absolute atomic E-state index is 0.113. The smallest absolute Gasteiger partial charge is 0.251 e. The summed E-state index contributed by atoms with van der Waals surface area (Å²) in [5.74, 6) is -1.68. The number of benzene rings is 2. The van der Waals surface area contributed by atoms with Gasteiger partial charge < -0.3 is 15.5 Å². The summed E-state index contributed by atoms with van der Waals surface area (Å²) in [7, 11) is 0. The highest BCUT2D eigenvalue weighted by atomic mass is 19.1. The van der Waals surface area contributed by atoms with Crippen LogP contribution in [-0.2, 0) is 6.54 Å². The first-order chi connectivity index (χ1) is 9.06. The van der Waals surface area contributed by atoms with E-state index in [1.54, 1.807) is 12.1 Å². The number of halogens is 1. The summed E-state index contributed by atoms with van der Waals surface area (Å²) in [6, 6.07) is 9.88. The molecule has 0 aromatic heterocycles. The third kappa shape index (κ3) is 3.22. The molecule has 2 rings (SSSR count). The first-order valence-electron chi connectivity index (χ1n) is 5.61. The number of amides is 1. The lowest BCUT2D eigenvalue weighted by Crippen LogP contribution is -2.22. The molecule has 0 radical (unpaired) electrons. The van der Waals surface area contributed by atoms with Gasteiger partial charge in [-0.3, -0.25) is 4.79 Å². The largest absolute Gasteiger partial charge is 0.508 e. The van der Waals surface area contributed by atoms with Crippen LogP contribution in [0.2, 0.25) is 0 Å². The summed E-state index contributed by atoms with van der Waals surface area (Å²) >= 11 is 0. The maximum absolute atomic E-state index is 13.1. The van der Waals surface area contributed by atoms with Crippen molar-refractivity contribution in [3.8, 4) is 11.5 Å². The molecule has 0 saturated heterocycles. The van der Waals surface area contributed by atoms with E-state index in [4.69, 9.17) is 5.11 Å². The SMILES string of the molecule is O=C(NCc1cccc(O)c1)c1ccc(O)c(F)c1. The lowest BCUT2D eigenvalue weighted by atomic mass is 10.1. The van der Waals surface area contributed by atoms with Crippen LogP contribution < -0.4 is 5.32 Å². The predicted molar refractivity (Wildman–Crippen MR) is 67.3 cm³/mol. The Hall–Kier alpha value is -2.56. The molecule has 1 amide bonds. The third-order valence-electron chi connectivity index (χ3n) is 2.57. The van der Waals surface area contributed by atoms with Crippen molar-refractivity contribution in [1.82, 2.24) is 5.32 Å². The van der Waals surface area contributed by atoms with Crippen molar-refractivity contribution < 1.29 is 19.4 Å². The summed E-state index contributed by atoms with van der Waals surface area (Å²) in [6.07, 6.45) is 0. The molecule has 5 heteroatoms. The molecule has 0 unspecified atom stereocenters. The van der Waals surface area contributed by atoms with E-state index in [-0.39, 0.29) is 17.9 Å². The second kappa shape index (κ2) is 5.39. The second-order valence-corrected chi connectivity index (χ2v) is 4.02. The molecule has 0 fully saturated rings. The number of phenolic OH excluding ortho intramolecular Hbond substituents is 2. The molecule has 0 aliphatic heterocycles. The molecule has 0 spiro atoms. The summed E-state index contributed by atoms with van der Waals surface area (Å²) in [5.41, 5.74) is 0.850. The second-order valence-electron chi connectivity index (χ2n) is 4.02. The van der Waals surface area contributed by atoms with Gasteiger partial charge in [-0.05, 0) is 35.9 Å². The molecule has 4 nitrogen and oxygen atoms in total. The number of hydrogen-bond acceptors (Lipinski definition) is 3. The first-order valence-corrected chi connectivity index (χ1v) is 5.61. The maximum Gasteiger partial charge on any atom is 0.251 e. The van der Waals surface area contributed by atoms with Crippen molar-refractivity contribution >= 4 is 5.91 Å². The highest BCUT2D eigenvalue weighted by Crippen LogP contribution is 2.16. The lowest BCUT2D eigenvalue weighted by molar-refractivity contribution is 0.0950. The number of hydrogen-bond donors (Lipinski definition) is 3. The fraction of sp³-hybridized carbons (Fsp3) is 0.0714. The predicted octanol–water partition coefficient (Wildman–Crippen LogP) is 2.17. The van der Waals surface area contributed by atoms with Crippen LogP contribution in [0.25, 0.3) is 0 Å². The fourth-order valence-electron chi connectivity index (χ4n) is 1.60. The van der Waals surface area contributed by atoms with Crippen molar-refractivity contribution in [1.29, 1.82) is 0 Å². The van der Waals surface area contributed by atoms with Crippen LogP contribution in [0.4, 0.5) is 4.39 Å². The van der Waals surface area contributed by atoms with Crippen LogP contribution in [0.1, 0.15) is 15.9 Å². The third-order valence-corrected chi connectivity index (χ3v) is 2.57. The van der Waals surface area contributed by atoms with E-state index in [9.17, 15) is 14.3 Å². The molecule has 19 heavy (non-hydrogen) atoms. The van der Waals surface area contributed by atoms with Crippen molar-refractivity contribution in [2.75, 3.05) is 0 Å². The van der Waals surface area contributed by atoms with Crippen molar-refractivity contribution in [2.24, 2.45) is 0 Å². The molecule has 3 N–H and O–H groups in total. The Bertz CT molecular complexity index is 613. The van der Waals surface area contributed by atoms with E-state index in [1.807, 2.05) is 0 Å². The van der Waals surface area contributed by atoms with Crippen LogP contribution in [0.5, 0.6) is 11.5 Å². The highest BCUT2D eigenvalue weighted by Gasteiger charge is 2.08. The fourth-order valence-corrected chi connectivity index (χ4v) is 1.60. The van der Waals surface area contributed by atoms with Gasteiger partial charge in [-0.1, -0.05) is 12.1 Å². The van der Waals surface area contributed by atoms with Gasteiger partial charge in [0.05, 0.1) is 0 Å². The summed E-state index contributed by atoms with van der Waals surface area (Å²) < 4.78 is 13.1. The van der Waals surface area contributed by atoms with Gasteiger partial charge in [0.15, 0.2) is 11.6 Å². The number of aromatic hydroxyl groups is 2. The zero-order chi connectivity index (χ0) is 13.8. The minimum Gasteiger partial charge on any atom is -0.508 e. The molecule has 0 atom stereocenters. The zero-order valence-corrected chi connectivity index (χ0v) is 9.93. The van der Waals surface area contributed by atoms with Gasteiger partial charge in [-0.2, -0.15) is 0 Å². The molecule has 2 aromatic carbocycles. The Morgan fingerprint density at radius 1 is 1.16 bits per heavy atom. The van der Waals surface area contributed by atoms with E-state index in [1.165, 1.54) is 18.2 Å². The van der Waals surface area contributed by atoms with Crippen LogP contribution in [0.3, 0.4) is 0 Å². The minimum atomic E-state index is -0.843. The van der Waals surface area contributed by atoms with Crippen LogP contribution in [0, 0.1) is 5.82 Å². The van der Waals surface area contributed by atoms with E-state index in [2.05, 4.69) is 5.32 Å². The van der Waals surface area contributed by atoms with Gasteiger partial charge in [-0.25, -0.2) is 4.39 Å². The van der Waals surface area contributed by atoms with E-state index >= 15 is 0 Å². The topological polar surface area (TPSA) is 69.6 Å². The van der Waals surface area contributed by atoms with Gasteiger partial charge in [0, 0.05) is 12.1 Å². The van der Waals surface area contributed by atoms with Crippen molar-refractivity contribution in [3.05, 3.63) is 59.4 Å². The Morgan fingerprint density at radius 3 is 2.63 bits per heavy atom. The van der Waals surface area contributed by atoms with Crippen molar-refractivity contribution in [2.45, 2.75) is 6.54 Å². The maximum atomic E-state index is 13.1. The van der Waals surface area contributed by atoms with E-state index < -0.39 is 17.5 Å². The number of carbonyl (C=O) groups is 1. The number of phenols is 2. The van der Waals surface area contributed by atoms with Gasteiger partial charge in [0.1, 0.15) is 5.75 Å². The molecule has 0 saturated carbocycles. The first kappa shape index (κ1) is 12.9. The quantitative estimate of drug-likeness (QED) is 0.793. The summed E-state index contributed by atoms with van der Waals surface area (Å²) in [4.78, 5) is 11.7. The standard InChI is InChI=1S/C14H12FNO3/c15-12-7-10(4-5-13(12)18)14(19)16-8-9-2-1-3-11(17)6-9/h1-7,17-18H,8H2,(H,16,19). The van der Waals surface area contributed by atoms with E-state index in [0.29, 0.717) is 0 Å². The lowest BCUT2D eigenvalue weighted by Gasteiger charge is -2.06. The van der Waals surface area contributed by atoms with Crippen molar-refractivity contribution in [3.63, 3.8) is 0 Å².